The predicted molar refractivity (Wildman–Crippen MR) is 131 cm³/mol. The van der Waals surface area contributed by atoms with Crippen molar-refractivity contribution in [2.75, 3.05) is 13.2 Å². The van der Waals surface area contributed by atoms with Gasteiger partial charge in [0.25, 0.3) is 0 Å². The number of hydrogen-bond donors (Lipinski definition) is 2. The van der Waals surface area contributed by atoms with E-state index < -0.39 is 11.2 Å². The smallest absolute Gasteiger partial charge is 0.119 e. The first-order chi connectivity index (χ1) is 15.3. The second-order valence-electron chi connectivity index (χ2n) is 9.01. The molecule has 0 saturated heterocycles. The minimum Gasteiger partial charge on any atom is -0.494 e. The zero-order valence-electron chi connectivity index (χ0n) is 20.4. The Morgan fingerprint density at radius 2 is 0.906 bits per heavy atom. The summed E-state index contributed by atoms with van der Waals surface area (Å²) in [6, 6.07) is 14.7. The van der Waals surface area contributed by atoms with Gasteiger partial charge in [-0.1, -0.05) is 76.6 Å². The van der Waals surface area contributed by atoms with Crippen LogP contribution in [0.5, 0.6) is 11.5 Å². The van der Waals surface area contributed by atoms with Gasteiger partial charge < -0.3 is 19.7 Å². The summed E-state index contributed by atoms with van der Waals surface area (Å²) in [7, 11) is 0. The Kier molecular flexibility index (Phi) is 10.5. The Morgan fingerprint density at radius 1 is 0.562 bits per heavy atom. The van der Waals surface area contributed by atoms with Crippen LogP contribution >= 0.6 is 0 Å². The third kappa shape index (κ3) is 7.25. The van der Waals surface area contributed by atoms with Crippen LogP contribution in [-0.2, 0) is 11.2 Å². The van der Waals surface area contributed by atoms with Crippen molar-refractivity contribution in [2.45, 2.75) is 90.3 Å². The third-order valence-electron chi connectivity index (χ3n) is 6.31. The maximum absolute atomic E-state index is 11.3. The maximum Gasteiger partial charge on any atom is 0.119 e. The number of hydrogen-bond acceptors (Lipinski definition) is 4. The first-order valence-corrected chi connectivity index (χ1v) is 12.2. The van der Waals surface area contributed by atoms with E-state index in [-0.39, 0.29) is 0 Å². The molecule has 0 aliphatic heterocycles. The molecule has 0 aliphatic carbocycles. The Bertz CT molecular complexity index is 696. The van der Waals surface area contributed by atoms with Crippen molar-refractivity contribution >= 4 is 0 Å². The standard InChI is InChI=1S/C28H42O4/c1-5-7-9-11-21-31-25-17-13-23(14-18-25)27(3,29)28(4,30)24-15-19-26(20-16-24)32-22-12-10-8-6-2/h13-20,29-30H,5-12,21-22H2,1-4H3. The van der Waals surface area contributed by atoms with E-state index in [4.69, 9.17) is 9.47 Å². The lowest BCUT2D eigenvalue weighted by molar-refractivity contribution is -0.143. The van der Waals surface area contributed by atoms with E-state index in [0.29, 0.717) is 24.3 Å². The van der Waals surface area contributed by atoms with Crippen LogP contribution in [0.25, 0.3) is 0 Å². The van der Waals surface area contributed by atoms with Crippen LogP contribution < -0.4 is 9.47 Å². The van der Waals surface area contributed by atoms with Gasteiger partial charge in [0.2, 0.25) is 0 Å². The summed E-state index contributed by atoms with van der Waals surface area (Å²) in [5.41, 5.74) is -1.68. The van der Waals surface area contributed by atoms with Crippen LogP contribution in [0, 0.1) is 0 Å². The molecule has 0 bridgehead atoms. The van der Waals surface area contributed by atoms with Crippen LogP contribution in [0.4, 0.5) is 0 Å². The molecule has 2 rings (SSSR count). The van der Waals surface area contributed by atoms with Crippen molar-refractivity contribution < 1.29 is 19.7 Å². The van der Waals surface area contributed by atoms with E-state index in [9.17, 15) is 10.2 Å². The van der Waals surface area contributed by atoms with Crippen molar-refractivity contribution in [1.29, 1.82) is 0 Å². The highest BCUT2D eigenvalue weighted by Crippen LogP contribution is 2.41. The van der Waals surface area contributed by atoms with E-state index in [1.165, 1.54) is 38.5 Å². The molecule has 4 heteroatoms. The molecule has 0 spiro atoms. The van der Waals surface area contributed by atoms with Crippen molar-refractivity contribution in [3.05, 3.63) is 59.7 Å². The average Bonchev–Trinajstić information content (AvgIpc) is 2.79. The number of rotatable bonds is 15. The fourth-order valence-corrected chi connectivity index (χ4v) is 3.75. The first kappa shape index (κ1) is 26.2. The van der Waals surface area contributed by atoms with Crippen LogP contribution in [-0.4, -0.2) is 23.4 Å². The predicted octanol–water partition coefficient (Wildman–Crippen LogP) is 6.72. The Morgan fingerprint density at radius 3 is 1.22 bits per heavy atom. The van der Waals surface area contributed by atoms with Gasteiger partial charge in [-0.05, 0) is 62.1 Å². The Hall–Kier alpha value is -2.04. The van der Waals surface area contributed by atoms with Crippen molar-refractivity contribution in [3.8, 4) is 11.5 Å². The minimum atomic E-state index is -1.48. The van der Waals surface area contributed by atoms with Gasteiger partial charge in [0, 0.05) is 0 Å². The largest absolute Gasteiger partial charge is 0.494 e. The minimum absolute atomic E-state index is 0.636. The lowest BCUT2D eigenvalue weighted by Crippen LogP contribution is -2.45. The summed E-state index contributed by atoms with van der Waals surface area (Å²) in [5, 5.41) is 22.6. The lowest BCUT2D eigenvalue weighted by atomic mass is 9.76. The molecule has 32 heavy (non-hydrogen) atoms. The summed E-state index contributed by atoms with van der Waals surface area (Å²) in [6.07, 6.45) is 9.31. The number of benzene rings is 2. The Balaban J connectivity index is 1.98. The summed E-state index contributed by atoms with van der Waals surface area (Å²) >= 11 is 0. The van der Waals surface area contributed by atoms with Gasteiger partial charge in [-0.2, -0.15) is 0 Å². The van der Waals surface area contributed by atoms with E-state index in [1.807, 2.05) is 48.5 Å². The van der Waals surface area contributed by atoms with E-state index >= 15 is 0 Å². The van der Waals surface area contributed by atoms with Gasteiger partial charge in [-0.25, -0.2) is 0 Å². The van der Waals surface area contributed by atoms with Gasteiger partial charge in [-0.3, -0.25) is 0 Å². The molecule has 178 valence electrons. The molecule has 2 aromatic rings. The summed E-state index contributed by atoms with van der Waals surface area (Å²) in [6.45, 7) is 9.06. The van der Waals surface area contributed by atoms with E-state index in [2.05, 4.69) is 13.8 Å². The quantitative estimate of drug-likeness (QED) is 0.301. The highest BCUT2D eigenvalue weighted by Gasteiger charge is 2.44. The van der Waals surface area contributed by atoms with Gasteiger partial charge in [-0.15, -0.1) is 0 Å². The second kappa shape index (κ2) is 12.9. The van der Waals surface area contributed by atoms with E-state index in [0.717, 1.165) is 24.3 Å². The first-order valence-electron chi connectivity index (χ1n) is 12.2. The topological polar surface area (TPSA) is 58.9 Å². The summed E-state index contributed by atoms with van der Waals surface area (Å²) in [5.74, 6) is 1.56. The number of aliphatic hydroxyl groups is 2. The molecule has 2 N–H and O–H groups in total. The maximum atomic E-state index is 11.3. The van der Waals surface area contributed by atoms with Crippen molar-refractivity contribution in [3.63, 3.8) is 0 Å². The lowest BCUT2D eigenvalue weighted by Gasteiger charge is -2.39. The molecule has 4 nitrogen and oxygen atoms in total. The zero-order chi connectivity index (χ0) is 23.5. The summed E-state index contributed by atoms with van der Waals surface area (Å²) < 4.78 is 11.6. The number of unbranched alkanes of at least 4 members (excludes halogenated alkanes) is 6. The van der Waals surface area contributed by atoms with Crippen LogP contribution in [0.2, 0.25) is 0 Å². The van der Waals surface area contributed by atoms with Crippen LogP contribution in [0.1, 0.15) is 90.2 Å². The molecule has 0 saturated carbocycles. The third-order valence-corrected chi connectivity index (χ3v) is 6.31. The van der Waals surface area contributed by atoms with Crippen molar-refractivity contribution in [2.24, 2.45) is 0 Å². The van der Waals surface area contributed by atoms with Crippen LogP contribution in [0.3, 0.4) is 0 Å². The highest BCUT2D eigenvalue weighted by atomic mass is 16.5. The van der Waals surface area contributed by atoms with Gasteiger partial charge >= 0.3 is 0 Å². The molecule has 2 atom stereocenters. The van der Waals surface area contributed by atoms with Gasteiger partial charge in [0.05, 0.1) is 13.2 Å². The molecule has 0 fully saturated rings. The zero-order valence-corrected chi connectivity index (χ0v) is 20.4. The average molecular weight is 443 g/mol. The molecule has 2 unspecified atom stereocenters. The molecule has 0 aliphatic rings. The summed E-state index contributed by atoms with van der Waals surface area (Å²) in [4.78, 5) is 0. The fourth-order valence-electron chi connectivity index (χ4n) is 3.75. The molecular formula is C28H42O4. The molecular weight excluding hydrogens is 400 g/mol. The molecule has 2 aromatic carbocycles. The second-order valence-corrected chi connectivity index (χ2v) is 9.01. The van der Waals surface area contributed by atoms with Crippen molar-refractivity contribution in [1.82, 2.24) is 0 Å². The SMILES string of the molecule is CCCCCCOc1ccc(C(C)(O)C(C)(O)c2ccc(OCCCCCC)cc2)cc1. The normalized spacial score (nSPS) is 15.1. The monoisotopic (exact) mass is 442 g/mol. The van der Waals surface area contributed by atoms with Crippen LogP contribution in [0.15, 0.2) is 48.5 Å². The molecule has 0 radical (unpaired) electrons. The molecule has 0 amide bonds. The molecule has 0 aromatic heterocycles. The van der Waals surface area contributed by atoms with Gasteiger partial charge in [0.1, 0.15) is 22.7 Å². The number of ether oxygens (including phenoxy) is 2. The molecule has 0 heterocycles. The highest BCUT2D eigenvalue weighted by molar-refractivity contribution is 5.37. The van der Waals surface area contributed by atoms with Gasteiger partial charge in [0.15, 0.2) is 0 Å². The Labute approximate surface area is 194 Å². The van der Waals surface area contributed by atoms with E-state index in [1.54, 1.807) is 13.8 Å². The fraction of sp³-hybridized carbons (Fsp3) is 0.571.